The first-order valence-corrected chi connectivity index (χ1v) is 13.6. The van der Waals surface area contributed by atoms with Gasteiger partial charge in [0.25, 0.3) is 0 Å². The van der Waals surface area contributed by atoms with Crippen molar-refractivity contribution in [2.75, 3.05) is 6.61 Å². The van der Waals surface area contributed by atoms with E-state index in [1.807, 2.05) is 0 Å². The van der Waals surface area contributed by atoms with Crippen LogP contribution in [0, 0.1) is 46.3 Å². The van der Waals surface area contributed by atoms with Crippen LogP contribution in [0.15, 0.2) is 0 Å². The van der Waals surface area contributed by atoms with E-state index in [0.29, 0.717) is 16.7 Å². The molecule has 180 valence electrons. The summed E-state index contributed by atoms with van der Waals surface area (Å²) in [5, 5.41) is 30.0. The molecule has 4 fully saturated rings. The van der Waals surface area contributed by atoms with Gasteiger partial charge in [0, 0.05) is 6.61 Å². The molecule has 3 N–H and O–H groups in total. The molecule has 0 amide bonds. The Kier molecular flexibility index (Phi) is 6.91. The molecule has 0 heterocycles. The molecule has 0 radical (unpaired) electrons. The molecular weight excluding hydrogens is 384 g/mol. The lowest BCUT2D eigenvalue weighted by atomic mass is 9.43. The van der Waals surface area contributed by atoms with Gasteiger partial charge >= 0.3 is 0 Å². The Bertz CT molecular complexity index is 617. The fourth-order valence-electron chi connectivity index (χ4n) is 9.53. The summed E-state index contributed by atoms with van der Waals surface area (Å²) in [5.41, 5.74) is 0.503. The van der Waals surface area contributed by atoms with E-state index in [-0.39, 0.29) is 12.7 Å². The second-order valence-electron chi connectivity index (χ2n) is 13.2. The molecule has 0 saturated heterocycles. The molecule has 0 aromatic heterocycles. The number of rotatable bonds is 7. The van der Waals surface area contributed by atoms with E-state index in [2.05, 4.69) is 27.7 Å². The molecule has 31 heavy (non-hydrogen) atoms. The largest absolute Gasteiger partial charge is 0.396 e. The maximum atomic E-state index is 10.7. The van der Waals surface area contributed by atoms with Crippen LogP contribution < -0.4 is 0 Å². The maximum absolute atomic E-state index is 10.7. The zero-order chi connectivity index (χ0) is 22.4. The molecule has 4 rings (SSSR count). The van der Waals surface area contributed by atoms with Crippen LogP contribution in [-0.2, 0) is 0 Å². The number of hydrogen-bond donors (Lipinski definition) is 3. The van der Waals surface area contributed by atoms with E-state index in [0.717, 1.165) is 68.1 Å². The number of aliphatic hydroxyl groups excluding tert-OH is 2. The monoisotopic (exact) mass is 434 g/mol. The van der Waals surface area contributed by atoms with E-state index in [1.165, 1.54) is 44.9 Å². The highest BCUT2D eigenvalue weighted by Crippen LogP contribution is 2.68. The molecule has 0 aliphatic heterocycles. The van der Waals surface area contributed by atoms with Crippen LogP contribution in [0.3, 0.4) is 0 Å². The molecule has 4 aliphatic carbocycles. The molecule has 0 bridgehead atoms. The predicted molar refractivity (Wildman–Crippen MR) is 127 cm³/mol. The Morgan fingerprint density at radius 1 is 0.839 bits per heavy atom. The molecule has 0 aromatic rings. The Balaban J connectivity index is 1.42. The van der Waals surface area contributed by atoms with Crippen molar-refractivity contribution < 1.29 is 15.3 Å². The van der Waals surface area contributed by atoms with Crippen LogP contribution >= 0.6 is 0 Å². The Morgan fingerprint density at radius 3 is 2.32 bits per heavy atom. The molecule has 3 heteroatoms. The minimum atomic E-state index is -0.435. The van der Waals surface area contributed by atoms with Crippen molar-refractivity contribution in [2.24, 2.45) is 46.3 Å². The van der Waals surface area contributed by atoms with Gasteiger partial charge in [-0.2, -0.15) is 0 Å². The van der Waals surface area contributed by atoms with Crippen LogP contribution in [0.2, 0.25) is 0 Å². The van der Waals surface area contributed by atoms with Gasteiger partial charge in [0.05, 0.1) is 11.7 Å². The lowest BCUT2D eigenvalue weighted by Gasteiger charge is -2.62. The third-order valence-electron chi connectivity index (χ3n) is 11.4. The second-order valence-corrected chi connectivity index (χ2v) is 13.2. The first-order chi connectivity index (χ1) is 14.6. The first kappa shape index (κ1) is 24.0. The van der Waals surface area contributed by atoms with Crippen molar-refractivity contribution >= 4 is 0 Å². The van der Waals surface area contributed by atoms with Crippen molar-refractivity contribution in [3.05, 3.63) is 0 Å². The molecule has 10 unspecified atom stereocenters. The molecule has 10 atom stereocenters. The third-order valence-corrected chi connectivity index (χ3v) is 11.4. The van der Waals surface area contributed by atoms with Crippen molar-refractivity contribution in [3.63, 3.8) is 0 Å². The Morgan fingerprint density at radius 2 is 1.58 bits per heavy atom. The van der Waals surface area contributed by atoms with Gasteiger partial charge in [-0.3, -0.25) is 0 Å². The third kappa shape index (κ3) is 4.37. The zero-order valence-corrected chi connectivity index (χ0v) is 20.8. The van der Waals surface area contributed by atoms with Gasteiger partial charge in [0.1, 0.15) is 0 Å². The number of fused-ring (bicyclic) bond motifs is 5. The lowest BCUT2D eigenvalue weighted by molar-refractivity contribution is -0.148. The number of aliphatic hydroxyl groups is 3. The van der Waals surface area contributed by atoms with E-state index in [4.69, 9.17) is 5.11 Å². The van der Waals surface area contributed by atoms with Gasteiger partial charge < -0.3 is 15.3 Å². The quantitative estimate of drug-likeness (QED) is 0.464. The van der Waals surface area contributed by atoms with Gasteiger partial charge in [-0.05, 0) is 137 Å². The van der Waals surface area contributed by atoms with Crippen molar-refractivity contribution in [1.29, 1.82) is 0 Å². The smallest absolute Gasteiger partial charge is 0.0622 e. The SMILES string of the molecule is CC(CCC(O)CCCO)C1CCC2C3CCC4CC(C)(O)CCC4(C)C3CCC12C. The Hall–Kier alpha value is -0.120. The summed E-state index contributed by atoms with van der Waals surface area (Å²) in [6.45, 7) is 9.93. The van der Waals surface area contributed by atoms with Crippen LogP contribution in [0.1, 0.15) is 111 Å². The van der Waals surface area contributed by atoms with Crippen LogP contribution in [0.4, 0.5) is 0 Å². The highest BCUT2D eigenvalue weighted by atomic mass is 16.3. The normalized spacial score (nSPS) is 49.1. The predicted octanol–water partition coefficient (Wildman–Crippen LogP) is 5.95. The summed E-state index contributed by atoms with van der Waals surface area (Å²) in [4.78, 5) is 0. The van der Waals surface area contributed by atoms with Crippen molar-refractivity contribution in [1.82, 2.24) is 0 Å². The maximum Gasteiger partial charge on any atom is 0.0622 e. The second kappa shape index (κ2) is 8.91. The lowest BCUT2D eigenvalue weighted by Crippen LogP contribution is -2.55. The minimum Gasteiger partial charge on any atom is -0.396 e. The average molecular weight is 435 g/mol. The molecule has 0 spiro atoms. The molecule has 3 nitrogen and oxygen atoms in total. The highest BCUT2D eigenvalue weighted by molar-refractivity contribution is 5.10. The molecular formula is C28H50O3. The van der Waals surface area contributed by atoms with Crippen LogP contribution in [0.25, 0.3) is 0 Å². The van der Waals surface area contributed by atoms with E-state index >= 15 is 0 Å². The van der Waals surface area contributed by atoms with Crippen LogP contribution in [0.5, 0.6) is 0 Å². The molecule has 4 aliphatic rings. The first-order valence-electron chi connectivity index (χ1n) is 13.6. The van der Waals surface area contributed by atoms with Crippen molar-refractivity contribution in [2.45, 2.75) is 123 Å². The summed E-state index contributed by atoms with van der Waals surface area (Å²) >= 11 is 0. The Labute approximate surface area is 191 Å². The van der Waals surface area contributed by atoms with Gasteiger partial charge in [-0.25, -0.2) is 0 Å². The number of hydrogen-bond acceptors (Lipinski definition) is 3. The fourth-order valence-corrected chi connectivity index (χ4v) is 9.53. The van der Waals surface area contributed by atoms with Gasteiger partial charge in [-0.1, -0.05) is 20.8 Å². The minimum absolute atomic E-state index is 0.189. The fraction of sp³-hybridized carbons (Fsp3) is 1.00. The molecule has 0 aromatic carbocycles. The van der Waals surface area contributed by atoms with E-state index < -0.39 is 5.60 Å². The van der Waals surface area contributed by atoms with E-state index in [9.17, 15) is 10.2 Å². The summed E-state index contributed by atoms with van der Waals surface area (Å²) in [6.07, 6.45) is 14.8. The average Bonchev–Trinajstić information content (AvgIpc) is 3.08. The summed E-state index contributed by atoms with van der Waals surface area (Å²) < 4.78 is 0. The van der Waals surface area contributed by atoms with E-state index in [1.54, 1.807) is 0 Å². The van der Waals surface area contributed by atoms with Gasteiger partial charge in [0.15, 0.2) is 0 Å². The standard InChI is InChI=1S/C28H50O3/c1-19(7-9-21(30)6-5-17-29)23-11-12-24-22-10-8-20-18-26(2,31)15-16-27(20,3)25(22)13-14-28(23,24)4/h19-25,29-31H,5-18H2,1-4H3. The topological polar surface area (TPSA) is 60.7 Å². The molecule has 4 saturated carbocycles. The zero-order valence-electron chi connectivity index (χ0n) is 20.8. The van der Waals surface area contributed by atoms with Gasteiger partial charge in [-0.15, -0.1) is 0 Å². The van der Waals surface area contributed by atoms with Gasteiger partial charge in [0.2, 0.25) is 0 Å². The summed E-state index contributed by atoms with van der Waals surface area (Å²) in [7, 11) is 0. The van der Waals surface area contributed by atoms with Crippen molar-refractivity contribution in [3.8, 4) is 0 Å². The van der Waals surface area contributed by atoms with Crippen LogP contribution in [-0.4, -0.2) is 33.6 Å². The highest BCUT2D eigenvalue weighted by Gasteiger charge is 2.61. The summed E-state index contributed by atoms with van der Waals surface area (Å²) in [5.74, 6) is 4.87. The summed E-state index contributed by atoms with van der Waals surface area (Å²) in [6, 6.07) is 0.